The van der Waals surface area contributed by atoms with Crippen molar-refractivity contribution in [2.45, 2.75) is 0 Å². The molecule has 1 N–H and O–H groups in total. The lowest BCUT2D eigenvalue weighted by Crippen LogP contribution is -2.21. The number of benzene rings is 3. The molecule has 0 bridgehead atoms. The highest BCUT2D eigenvalue weighted by atomic mass is 35.5. The normalized spacial score (nSPS) is 10.7. The molecule has 0 atom stereocenters. The van der Waals surface area contributed by atoms with Crippen LogP contribution < -0.4 is 5.32 Å². The molecule has 29 heavy (non-hydrogen) atoms. The fourth-order valence-electron chi connectivity index (χ4n) is 2.82. The SMILES string of the molecule is O=C(COC(=O)c1csc(-c2ccc(Cl)cc2)n1)Nc1cccc2ccccc12. The van der Waals surface area contributed by atoms with E-state index in [4.69, 9.17) is 16.3 Å². The quantitative estimate of drug-likeness (QED) is 0.436. The molecule has 0 unspecified atom stereocenters. The first kappa shape index (κ1) is 19.1. The van der Waals surface area contributed by atoms with Crippen molar-refractivity contribution >= 4 is 51.3 Å². The first-order chi connectivity index (χ1) is 14.1. The van der Waals surface area contributed by atoms with Gasteiger partial charge in [-0.2, -0.15) is 0 Å². The van der Waals surface area contributed by atoms with Crippen LogP contribution in [0.5, 0.6) is 0 Å². The van der Waals surface area contributed by atoms with Gasteiger partial charge in [0.25, 0.3) is 5.91 Å². The molecule has 144 valence electrons. The maximum absolute atomic E-state index is 12.2. The maximum Gasteiger partial charge on any atom is 0.358 e. The number of rotatable bonds is 5. The van der Waals surface area contributed by atoms with Gasteiger partial charge >= 0.3 is 5.97 Å². The standard InChI is InChI=1S/C22H15ClN2O3S/c23-16-10-8-15(9-11-16)21-25-19(13-29-21)22(27)28-12-20(26)24-18-7-3-5-14-4-1-2-6-17(14)18/h1-11,13H,12H2,(H,24,26). The minimum atomic E-state index is -0.644. The van der Waals surface area contributed by atoms with Gasteiger partial charge in [0, 0.05) is 27.0 Å². The number of thiazole rings is 1. The van der Waals surface area contributed by atoms with E-state index in [0.29, 0.717) is 15.7 Å². The van der Waals surface area contributed by atoms with Gasteiger partial charge in [-0.1, -0.05) is 60.1 Å². The Morgan fingerprint density at radius 2 is 1.76 bits per heavy atom. The summed E-state index contributed by atoms with van der Waals surface area (Å²) in [4.78, 5) is 28.7. The summed E-state index contributed by atoms with van der Waals surface area (Å²) in [5, 5.41) is 7.62. The Bertz CT molecular complexity index is 1180. The molecule has 0 aliphatic heterocycles. The average Bonchev–Trinajstić information content (AvgIpc) is 3.23. The van der Waals surface area contributed by atoms with Crippen molar-refractivity contribution in [3.63, 3.8) is 0 Å². The predicted octanol–water partition coefficient (Wildman–Crippen LogP) is 5.41. The van der Waals surface area contributed by atoms with E-state index < -0.39 is 18.5 Å². The number of nitrogens with one attached hydrogen (secondary N) is 1. The van der Waals surface area contributed by atoms with Gasteiger partial charge in [-0.15, -0.1) is 11.3 Å². The first-order valence-electron chi connectivity index (χ1n) is 8.76. The second kappa shape index (κ2) is 8.43. The average molecular weight is 423 g/mol. The summed E-state index contributed by atoms with van der Waals surface area (Å²) >= 11 is 7.21. The second-order valence-corrected chi connectivity index (χ2v) is 7.49. The van der Waals surface area contributed by atoms with Gasteiger partial charge in [-0.05, 0) is 23.6 Å². The highest BCUT2D eigenvalue weighted by molar-refractivity contribution is 7.13. The zero-order chi connectivity index (χ0) is 20.2. The lowest BCUT2D eigenvalue weighted by atomic mass is 10.1. The van der Waals surface area contributed by atoms with E-state index in [1.807, 2.05) is 48.5 Å². The van der Waals surface area contributed by atoms with Gasteiger partial charge in [0.2, 0.25) is 0 Å². The molecule has 0 fully saturated rings. The Hall–Kier alpha value is -3.22. The van der Waals surface area contributed by atoms with Crippen LogP contribution in [0.15, 0.2) is 72.1 Å². The number of esters is 1. The molecule has 0 aliphatic carbocycles. The van der Waals surface area contributed by atoms with Crippen molar-refractivity contribution in [2.24, 2.45) is 0 Å². The zero-order valence-electron chi connectivity index (χ0n) is 15.1. The number of amides is 1. The summed E-state index contributed by atoms with van der Waals surface area (Å²) in [6.07, 6.45) is 0. The molecule has 3 aromatic carbocycles. The van der Waals surface area contributed by atoms with Crippen molar-refractivity contribution in [3.8, 4) is 10.6 Å². The fourth-order valence-corrected chi connectivity index (χ4v) is 3.74. The number of aromatic nitrogens is 1. The molecule has 0 radical (unpaired) electrons. The molecule has 0 saturated heterocycles. The first-order valence-corrected chi connectivity index (χ1v) is 10.0. The molecule has 7 heteroatoms. The Balaban J connectivity index is 1.38. The van der Waals surface area contributed by atoms with Crippen LogP contribution in [0.1, 0.15) is 10.5 Å². The fraction of sp³-hybridized carbons (Fsp3) is 0.0455. The predicted molar refractivity (Wildman–Crippen MR) is 115 cm³/mol. The molecule has 1 heterocycles. The number of ether oxygens (including phenoxy) is 1. The van der Waals surface area contributed by atoms with Crippen molar-refractivity contribution in [1.29, 1.82) is 0 Å². The molecule has 4 aromatic rings. The van der Waals surface area contributed by atoms with E-state index in [1.54, 1.807) is 23.6 Å². The van der Waals surface area contributed by atoms with Crippen molar-refractivity contribution in [3.05, 3.63) is 82.8 Å². The minimum Gasteiger partial charge on any atom is -0.451 e. The maximum atomic E-state index is 12.2. The lowest BCUT2D eigenvalue weighted by Gasteiger charge is -2.09. The van der Waals surface area contributed by atoms with Gasteiger partial charge in [0.1, 0.15) is 5.01 Å². The van der Waals surface area contributed by atoms with Gasteiger partial charge in [-0.25, -0.2) is 9.78 Å². The molecule has 0 aliphatic rings. The minimum absolute atomic E-state index is 0.165. The Kier molecular flexibility index (Phi) is 5.55. The monoisotopic (exact) mass is 422 g/mol. The van der Waals surface area contributed by atoms with E-state index in [0.717, 1.165) is 16.3 Å². The topological polar surface area (TPSA) is 68.3 Å². The number of hydrogen-bond donors (Lipinski definition) is 1. The molecule has 1 amide bonds. The summed E-state index contributed by atoms with van der Waals surface area (Å²) in [6, 6.07) is 20.5. The third kappa shape index (κ3) is 4.45. The number of fused-ring (bicyclic) bond motifs is 1. The number of halogens is 1. The van der Waals surface area contributed by atoms with Gasteiger partial charge in [0.15, 0.2) is 12.3 Å². The molecule has 5 nitrogen and oxygen atoms in total. The van der Waals surface area contributed by atoms with E-state index in [1.165, 1.54) is 11.3 Å². The van der Waals surface area contributed by atoms with Crippen LogP contribution in [0, 0.1) is 0 Å². The second-order valence-electron chi connectivity index (χ2n) is 6.20. The van der Waals surface area contributed by atoms with Crippen molar-refractivity contribution in [2.75, 3.05) is 11.9 Å². The number of carbonyl (C=O) groups is 2. The summed E-state index contributed by atoms with van der Waals surface area (Å²) in [5.41, 5.74) is 1.69. The summed E-state index contributed by atoms with van der Waals surface area (Å²) in [5.74, 6) is -1.06. The molecule has 0 spiro atoms. The summed E-state index contributed by atoms with van der Waals surface area (Å²) < 4.78 is 5.11. The van der Waals surface area contributed by atoms with Gasteiger partial charge in [0.05, 0.1) is 0 Å². The highest BCUT2D eigenvalue weighted by Gasteiger charge is 2.15. The number of nitrogens with zero attached hydrogens (tertiary/aromatic N) is 1. The zero-order valence-corrected chi connectivity index (χ0v) is 16.7. The van der Waals surface area contributed by atoms with E-state index >= 15 is 0 Å². The molecular weight excluding hydrogens is 408 g/mol. The van der Waals surface area contributed by atoms with Crippen LogP contribution in [0.3, 0.4) is 0 Å². The van der Waals surface area contributed by atoms with Crippen LogP contribution in [0.25, 0.3) is 21.3 Å². The molecule has 4 rings (SSSR count). The Morgan fingerprint density at radius 1 is 1.00 bits per heavy atom. The number of hydrogen-bond acceptors (Lipinski definition) is 5. The third-order valence-corrected chi connectivity index (χ3v) is 5.35. The van der Waals surface area contributed by atoms with Gasteiger partial charge < -0.3 is 10.1 Å². The number of anilines is 1. The van der Waals surface area contributed by atoms with Crippen LogP contribution >= 0.6 is 22.9 Å². The molecular formula is C22H15ClN2O3S. The largest absolute Gasteiger partial charge is 0.451 e. The summed E-state index contributed by atoms with van der Waals surface area (Å²) in [6.45, 7) is -0.393. The van der Waals surface area contributed by atoms with Crippen LogP contribution in [-0.4, -0.2) is 23.5 Å². The molecule has 0 saturated carbocycles. The summed E-state index contributed by atoms with van der Waals surface area (Å²) in [7, 11) is 0. The van der Waals surface area contributed by atoms with E-state index in [2.05, 4.69) is 10.3 Å². The van der Waals surface area contributed by atoms with Gasteiger partial charge in [-0.3, -0.25) is 4.79 Å². The lowest BCUT2D eigenvalue weighted by molar-refractivity contribution is -0.119. The van der Waals surface area contributed by atoms with Crippen molar-refractivity contribution < 1.29 is 14.3 Å². The van der Waals surface area contributed by atoms with Crippen molar-refractivity contribution in [1.82, 2.24) is 4.98 Å². The van der Waals surface area contributed by atoms with Crippen LogP contribution in [0.4, 0.5) is 5.69 Å². The highest BCUT2D eigenvalue weighted by Crippen LogP contribution is 2.25. The third-order valence-electron chi connectivity index (χ3n) is 4.20. The molecule has 1 aromatic heterocycles. The van der Waals surface area contributed by atoms with Crippen LogP contribution in [0.2, 0.25) is 5.02 Å². The van der Waals surface area contributed by atoms with Crippen LogP contribution in [-0.2, 0) is 9.53 Å². The Labute approximate surface area is 175 Å². The Morgan fingerprint density at radius 3 is 2.59 bits per heavy atom. The van der Waals surface area contributed by atoms with E-state index in [-0.39, 0.29) is 5.69 Å². The van der Waals surface area contributed by atoms with E-state index in [9.17, 15) is 9.59 Å². The smallest absolute Gasteiger partial charge is 0.358 e. The number of carbonyl (C=O) groups excluding carboxylic acids is 2.